The van der Waals surface area contributed by atoms with Crippen molar-refractivity contribution in [3.05, 3.63) is 35.0 Å². The highest BCUT2D eigenvalue weighted by Gasteiger charge is 2.51. The van der Waals surface area contributed by atoms with Gasteiger partial charge < -0.3 is 10.3 Å². The van der Waals surface area contributed by atoms with Gasteiger partial charge in [0, 0.05) is 21.5 Å². The number of carbonyl (C=O) groups is 1. The largest absolute Gasteiger partial charge is 0.350 e. The predicted octanol–water partition coefficient (Wildman–Crippen LogP) is 4.52. The Morgan fingerprint density at radius 1 is 1.09 bits per heavy atom. The van der Waals surface area contributed by atoms with Crippen LogP contribution in [-0.4, -0.2) is 16.4 Å². The highest BCUT2D eigenvalue weighted by molar-refractivity contribution is 6.31. The number of H-pyrrole nitrogens is 1. The van der Waals surface area contributed by atoms with Gasteiger partial charge in [-0.1, -0.05) is 17.7 Å². The van der Waals surface area contributed by atoms with Gasteiger partial charge in [0.1, 0.15) is 5.69 Å². The van der Waals surface area contributed by atoms with Gasteiger partial charge in [-0.05, 0) is 74.5 Å². The molecule has 0 aliphatic heterocycles. The Hall–Kier alpha value is -1.48. The van der Waals surface area contributed by atoms with Gasteiger partial charge in [-0.2, -0.15) is 0 Å². The van der Waals surface area contributed by atoms with Crippen molar-refractivity contribution in [2.24, 2.45) is 17.8 Å². The Kier molecular flexibility index (Phi) is 2.88. The van der Waals surface area contributed by atoms with Crippen LogP contribution >= 0.6 is 11.6 Å². The normalized spacial score (nSPS) is 34.9. The Morgan fingerprint density at radius 3 is 2.39 bits per heavy atom. The topological polar surface area (TPSA) is 44.9 Å². The predicted molar refractivity (Wildman–Crippen MR) is 91.7 cm³/mol. The summed E-state index contributed by atoms with van der Waals surface area (Å²) < 4.78 is 0. The van der Waals surface area contributed by atoms with Crippen LogP contribution in [0.15, 0.2) is 24.3 Å². The quantitative estimate of drug-likeness (QED) is 0.836. The molecular formula is C19H21ClN2O. The van der Waals surface area contributed by atoms with Gasteiger partial charge in [0.2, 0.25) is 0 Å². The summed E-state index contributed by atoms with van der Waals surface area (Å²) in [6.45, 7) is 0. The zero-order valence-corrected chi connectivity index (χ0v) is 13.8. The van der Waals surface area contributed by atoms with Gasteiger partial charge in [-0.3, -0.25) is 4.79 Å². The van der Waals surface area contributed by atoms with E-state index in [1.165, 1.54) is 38.5 Å². The monoisotopic (exact) mass is 328 g/mol. The molecule has 1 aromatic heterocycles. The number of rotatable bonds is 2. The molecule has 4 aliphatic rings. The van der Waals surface area contributed by atoms with Gasteiger partial charge in [0.15, 0.2) is 0 Å². The van der Waals surface area contributed by atoms with Crippen molar-refractivity contribution >= 4 is 28.4 Å². The SMILES string of the molecule is O=C(NC12CC3CC(CC(C3)C1)C2)c1cc2ccc(Cl)cc2[nH]1. The summed E-state index contributed by atoms with van der Waals surface area (Å²) in [5, 5.41) is 5.13. The van der Waals surface area contributed by atoms with E-state index in [1.807, 2.05) is 24.3 Å². The van der Waals surface area contributed by atoms with Gasteiger partial charge in [-0.25, -0.2) is 0 Å². The van der Waals surface area contributed by atoms with Crippen molar-refractivity contribution in [2.75, 3.05) is 0 Å². The van der Waals surface area contributed by atoms with Crippen molar-refractivity contribution in [2.45, 2.75) is 44.1 Å². The second kappa shape index (κ2) is 4.76. The van der Waals surface area contributed by atoms with Gasteiger partial charge in [0.25, 0.3) is 5.91 Å². The van der Waals surface area contributed by atoms with Crippen LogP contribution in [0.1, 0.15) is 49.0 Å². The number of fused-ring (bicyclic) bond motifs is 1. The molecule has 6 rings (SSSR count). The first kappa shape index (κ1) is 13.9. The molecule has 0 atom stereocenters. The molecule has 23 heavy (non-hydrogen) atoms. The van der Waals surface area contributed by atoms with Crippen LogP contribution in [0.25, 0.3) is 10.9 Å². The summed E-state index contributed by atoms with van der Waals surface area (Å²) in [6.07, 6.45) is 7.70. The molecule has 4 bridgehead atoms. The van der Waals surface area contributed by atoms with Crippen molar-refractivity contribution in [3.8, 4) is 0 Å². The Labute approximate surface area is 140 Å². The van der Waals surface area contributed by atoms with Crippen molar-refractivity contribution in [1.29, 1.82) is 0 Å². The van der Waals surface area contributed by atoms with Gasteiger partial charge >= 0.3 is 0 Å². The lowest BCUT2D eigenvalue weighted by molar-refractivity contribution is -0.0167. The zero-order valence-electron chi connectivity index (χ0n) is 13.1. The third-order valence-electron chi connectivity index (χ3n) is 6.25. The average Bonchev–Trinajstić information content (AvgIpc) is 2.88. The van der Waals surface area contributed by atoms with E-state index < -0.39 is 0 Å². The van der Waals surface area contributed by atoms with E-state index in [0.29, 0.717) is 10.7 Å². The third kappa shape index (κ3) is 2.28. The van der Waals surface area contributed by atoms with E-state index in [1.54, 1.807) is 0 Å². The van der Waals surface area contributed by atoms with E-state index in [2.05, 4.69) is 10.3 Å². The second-order valence-electron chi connectivity index (χ2n) is 8.07. The molecule has 4 heteroatoms. The van der Waals surface area contributed by atoms with Gasteiger partial charge in [0.05, 0.1) is 0 Å². The minimum absolute atomic E-state index is 0.0410. The Morgan fingerprint density at radius 2 is 1.74 bits per heavy atom. The third-order valence-corrected chi connectivity index (χ3v) is 6.48. The maximum absolute atomic E-state index is 12.8. The Balaban J connectivity index is 1.42. The van der Waals surface area contributed by atoms with Crippen LogP contribution in [0.4, 0.5) is 0 Å². The minimum Gasteiger partial charge on any atom is -0.350 e. The van der Waals surface area contributed by atoms with E-state index >= 15 is 0 Å². The molecule has 0 spiro atoms. The molecule has 2 N–H and O–H groups in total. The maximum Gasteiger partial charge on any atom is 0.268 e. The minimum atomic E-state index is 0.0410. The lowest BCUT2D eigenvalue weighted by atomic mass is 9.53. The summed E-state index contributed by atoms with van der Waals surface area (Å²) in [7, 11) is 0. The molecule has 4 aliphatic carbocycles. The standard InChI is InChI=1S/C19H21ClN2O/c20-15-2-1-14-6-17(21-16(14)7-15)18(23)22-19-8-11-3-12(9-19)5-13(4-11)10-19/h1-2,6-7,11-13,21H,3-5,8-10H2,(H,22,23). The average molecular weight is 329 g/mol. The molecule has 1 aromatic carbocycles. The zero-order chi connectivity index (χ0) is 15.6. The van der Waals surface area contributed by atoms with E-state index in [4.69, 9.17) is 11.6 Å². The van der Waals surface area contributed by atoms with Crippen molar-refractivity contribution < 1.29 is 4.79 Å². The molecule has 3 nitrogen and oxygen atoms in total. The first-order valence-corrected chi connectivity index (χ1v) is 9.07. The van der Waals surface area contributed by atoms with E-state index in [9.17, 15) is 4.79 Å². The van der Waals surface area contributed by atoms with Crippen LogP contribution in [-0.2, 0) is 0 Å². The number of nitrogens with one attached hydrogen (secondary N) is 2. The van der Waals surface area contributed by atoms with Crippen LogP contribution in [0.3, 0.4) is 0 Å². The first-order valence-electron chi connectivity index (χ1n) is 8.69. The fourth-order valence-electron chi connectivity index (χ4n) is 5.79. The number of aromatic nitrogens is 1. The van der Waals surface area contributed by atoms with Crippen molar-refractivity contribution in [3.63, 3.8) is 0 Å². The summed E-state index contributed by atoms with van der Waals surface area (Å²) in [5.41, 5.74) is 1.63. The molecule has 4 fully saturated rings. The fraction of sp³-hybridized carbons (Fsp3) is 0.526. The fourth-order valence-corrected chi connectivity index (χ4v) is 5.97. The highest BCUT2D eigenvalue weighted by atomic mass is 35.5. The molecular weight excluding hydrogens is 308 g/mol. The second-order valence-corrected chi connectivity index (χ2v) is 8.50. The number of halogens is 1. The number of hydrogen-bond acceptors (Lipinski definition) is 1. The highest BCUT2D eigenvalue weighted by Crippen LogP contribution is 2.55. The number of amides is 1. The molecule has 0 saturated heterocycles. The molecule has 120 valence electrons. The molecule has 0 unspecified atom stereocenters. The number of benzene rings is 1. The summed E-state index contributed by atoms with van der Waals surface area (Å²) in [5.74, 6) is 2.55. The first-order chi connectivity index (χ1) is 11.1. The molecule has 2 aromatic rings. The summed E-state index contributed by atoms with van der Waals surface area (Å²) in [6, 6.07) is 7.62. The van der Waals surface area contributed by atoms with E-state index in [-0.39, 0.29) is 11.4 Å². The molecule has 1 heterocycles. The van der Waals surface area contributed by atoms with Crippen LogP contribution in [0, 0.1) is 17.8 Å². The molecule has 1 amide bonds. The molecule has 0 radical (unpaired) electrons. The van der Waals surface area contributed by atoms with Crippen molar-refractivity contribution in [1.82, 2.24) is 10.3 Å². The van der Waals surface area contributed by atoms with Crippen LogP contribution in [0.2, 0.25) is 5.02 Å². The van der Waals surface area contributed by atoms with Crippen LogP contribution < -0.4 is 5.32 Å². The molecule has 4 saturated carbocycles. The number of carbonyl (C=O) groups excluding carboxylic acids is 1. The Bertz CT molecular complexity index is 758. The number of hydrogen-bond donors (Lipinski definition) is 2. The van der Waals surface area contributed by atoms with E-state index in [0.717, 1.165) is 28.7 Å². The summed E-state index contributed by atoms with van der Waals surface area (Å²) in [4.78, 5) is 16.0. The smallest absolute Gasteiger partial charge is 0.268 e. The number of aromatic amines is 1. The maximum atomic E-state index is 12.8. The lowest BCUT2D eigenvalue weighted by Crippen LogP contribution is -2.59. The summed E-state index contributed by atoms with van der Waals surface area (Å²) >= 11 is 6.03. The van der Waals surface area contributed by atoms with Crippen LogP contribution in [0.5, 0.6) is 0 Å². The lowest BCUT2D eigenvalue weighted by Gasteiger charge is -2.56. The van der Waals surface area contributed by atoms with Gasteiger partial charge in [-0.15, -0.1) is 0 Å².